The van der Waals surface area contributed by atoms with Crippen LogP contribution in [0.3, 0.4) is 0 Å². The van der Waals surface area contributed by atoms with E-state index in [-0.39, 0.29) is 11.8 Å². The van der Waals surface area contributed by atoms with E-state index in [1.807, 2.05) is 0 Å². The van der Waals surface area contributed by atoms with Crippen LogP contribution in [0.5, 0.6) is 0 Å². The Bertz CT molecular complexity index is 1200. The van der Waals surface area contributed by atoms with Crippen molar-refractivity contribution in [2.75, 3.05) is 0 Å². The molecule has 49 heavy (non-hydrogen) atoms. The quantitative estimate of drug-likeness (QED) is 0.203. The van der Waals surface area contributed by atoms with Crippen molar-refractivity contribution in [1.82, 2.24) is 0 Å². The first kappa shape index (κ1) is 36.9. The van der Waals surface area contributed by atoms with Crippen molar-refractivity contribution in [3.05, 3.63) is 70.8 Å². The summed E-state index contributed by atoms with van der Waals surface area (Å²) < 4.78 is 65.1. The third-order valence-corrected chi connectivity index (χ3v) is 13.8. The van der Waals surface area contributed by atoms with Crippen molar-refractivity contribution in [2.24, 2.45) is 47.3 Å². The highest BCUT2D eigenvalue weighted by atomic mass is 19.2. The second-order valence-electron chi connectivity index (χ2n) is 16.8. The van der Waals surface area contributed by atoms with E-state index in [2.05, 4.69) is 13.8 Å². The minimum absolute atomic E-state index is 0.167. The Balaban J connectivity index is 1.18. The molecule has 0 aromatic heterocycles. The van der Waals surface area contributed by atoms with Crippen molar-refractivity contribution in [1.29, 1.82) is 0 Å². The lowest BCUT2D eigenvalue weighted by atomic mass is 9.67. The van der Waals surface area contributed by atoms with Gasteiger partial charge >= 0.3 is 0 Å². The van der Waals surface area contributed by atoms with Gasteiger partial charge < -0.3 is 4.74 Å². The smallest absolute Gasteiger partial charge is 0.159 e. The topological polar surface area (TPSA) is 9.23 Å². The van der Waals surface area contributed by atoms with Gasteiger partial charge in [0.2, 0.25) is 0 Å². The van der Waals surface area contributed by atoms with Crippen LogP contribution in [-0.2, 0) is 4.74 Å². The standard InChI is InChI=1S/C44H62F4O/c1-3-5-29-7-11-31(12-8-29)33-15-19-35(20-16-33)43(37-23-25-39(45)41(47)27-37)49-44(38-24-26-40(46)42(48)28-38)36-21-17-34(18-22-36)32-13-9-30(6-4-2)10-14-32/h23-36,43-44H,3-22H2,1-2H3. The first-order valence-corrected chi connectivity index (χ1v) is 20.4. The van der Waals surface area contributed by atoms with E-state index in [0.717, 1.165) is 86.9 Å². The molecular weight excluding hydrogens is 620 g/mol. The molecule has 272 valence electrons. The maximum absolute atomic E-state index is 14.8. The average molecular weight is 683 g/mol. The molecule has 2 aromatic rings. The maximum Gasteiger partial charge on any atom is 0.159 e. The third-order valence-electron chi connectivity index (χ3n) is 13.8. The highest BCUT2D eigenvalue weighted by molar-refractivity contribution is 5.24. The summed E-state index contributed by atoms with van der Waals surface area (Å²) in [7, 11) is 0. The molecule has 1 nitrogen and oxygen atoms in total. The van der Waals surface area contributed by atoms with Crippen LogP contribution < -0.4 is 0 Å². The summed E-state index contributed by atoms with van der Waals surface area (Å²) in [5.74, 6) is 1.72. The molecule has 4 aliphatic carbocycles. The van der Waals surface area contributed by atoms with Crippen molar-refractivity contribution in [3.63, 3.8) is 0 Å². The van der Waals surface area contributed by atoms with Gasteiger partial charge in [-0.15, -0.1) is 0 Å². The van der Waals surface area contributed by atoms with Crippen LogP contribution in [0.2, 0.25) is 0 Å². The molecule has 4 fully saturated rings. The van der Waals surface area contributed by atoms with Crippen LogP contribution in [0, 0.1) is 70.6 Å². The van der Waals surface area contributed by atoms with Crippen molar-refractivity contribution in [2.45, 2.75) is 154 Å². The molecular formula is C44H62F4O. The fourth-order valence-electron chi connectivity index (χ4n) is 11.0. The lowest BCUT2D eigenvalue weighted by Gasteiger charge is -2.43. The highest BCUT2D eigenvalue weighted by Crippen LogP contribution is 2.50. The third kappa shape index (κ3) is 9.32. The van der Waals surface area contributed by atoms with Crippen LogP contribution in [-0.4, -0.2) is 0 Å². The van der Waals surface area contributed by atoms with Crippen LogP contribution in [0.4, 0.5) is 17.6 Å². The summed E-state index contributed by atoms with van der Waals surface area (Å²) >= 11 is 0. The summed E-state index contributed by atoms with van der Waals surface area (Å²) in [6.07, 6.45) is 23.7. The molecule has 2 aromatic carbocycles. The van der Waals surface area contributed by atoms with Gasteiger partial charge in [0.1, 0.15) is 0 Å². The van der Waals surface area contributed by atoms with Gasteiger partial charge in [-0.25, -0.2) is 17.6 Å². The fraction of sp³-hybridized carbons (Fsp3) is 0.727. The van der Waals surface area contributed by atoms with Gasteiger partial charge in [0.15, 0.2) is 23.3 Å². The SMILES string of the molecule is CCCC1CCC(C2CCC(C(OC(c3ccc(F)c(F)c3)C3CCC(C4CCC(CCC)CC4)CC3)c3ccc(F)c(F)c3)CC2)CC1. The summed E-state index contributed by atoms with van der Waals surface area (Å²) in [5.41, 5.74) is 1.32. The Labute approximate surface area is 294 Å². The number of rotatable bonds is 12. The summed E-state index contributed by atoms with van der Waals surface area (Å²) in [6, 6.07) is 8.42. The zero-order valence-electron chi connectivity index (χ0n) is 30.3. The van der Waals surface area contributed by atoms with Crippen LogP contribution in [0.25, 0.3) is 0 Å². The van der Waals surface area contributed by atoms with Gasteiger partial charge in [-0.1, -0.05) is 77.3 Å². The number of hydrogen-bond acceptors (Lipinski definition) is 1. The maximum atomic E-state index is 14.8. The molecule has 0 aliphatic heterocycles. The molecule has 5 heteroatoms. The van der Waals surface area contributed by atoms with E-state index in [1.54, 1.807) is 12.1 Å². The Morgan fingerprint density at radius 2 is 0.796 bits per heavy atom. The Morgan fingerprint density at radius 3 is 1.10 bits per heavy atom. The first-order chi connectivity index (χ1) is 23.8. The van der Waals surface area contributed by atoms with Gasteiger partial charge in [0.25, 0.3) is 0 Å². The zero-order chi connectivity index (χ0) is 34.3. The van der Waals surface area contributed by atoms with Gasteiger partial charge in [0, 0.05) is 0 Å². The lowest BCUT2D eigenvalue weighted by molar-refractivity contribution is -0.0937. The molecule has 2 unspecified atom stereocenters. The van der Waals surface area contributed by atoms with Gasteiger partial charge in [-0.05, 0) is 160 Å². The van der Waals surface area contributed by atoms with Crippen LogP contribution in [0.1, 0.15) is 166 Å². The van der Waals surface area contributed by atoms with Crippen molar-refractivity contribution >= 4 is 0 Å². The van der Waals surface area contributed by atoms with E-state index in [0.29, 0.717) is 11.1 Å². The summed E-state index contributed by atoms with van der Waals surface area (Å²) in [5, 5.41) is 0. The predicted octanol–water partition coefficient (Wildman–Crippen LogP) is 13.9. The fourth-order valence-corrected chi connectivity index (χ4v) is 11.0. The molecule has 0 N–H and O–H groups in total. The second kappa shape index (κ2) is 17.6. The second-order valence-corrected chi connectivity index (χ2v) is 16.8. The van der Waals surface area contributed by atoms with Crippen LogP contribution in [0.15, 0.2) is 36.4 Å². The van der Waals surface area contributed by atoms with E-state index < -0.39 is 35.5 Å². The zero-order valence-corrected chi connectivity index (χ0v) is 30.3. The molecule has 0 heterocycles. The van der Waals surface area contributed by atoms with E-state index in [1.165, 1.54) is 101 Å². The molecule has 6 rings (SSSR count). The molecule has 4 saturated carbocycles. The summed E-state index contributed by atoms with van der Waals surface area (Å²) in [6.45, 7) is 4.58. The minimum Gasteiger partial charge on any atom is -0.365 e. The molecule has 0 saturated heterocycles. The minimum atomic E-state index is -0.859. The highest BCUT2D eigenvalue weighted by Gasteiger charge is 2.39. The lowest BCUT2D eigenvalue weighted by Crippen LogP contribution is -2.31. The van der Waals surface area contributed by atoms with Gasteiger partial charge in [-0.3, -0.25) is 0 Å². The Hall–Kier alpha value is -1.88. The largest absolute Gasteiger partial charge is 0.365 e. The number of hydrogen-bond donors (Lipinski definition) is 0. The van der Waals surface area contributed by atoms with Gasteiger partial charge in [-0.2, -0.15) is 0 Å². The summed E-state index contributed by atoms with van der Waals surface area (Å²) in [4.78, 5) is 0. The Kier molecular flexibility index (Phi) is 13.2. The monoisotopic (exact) mass is 682 g/mol. The van der Waals surface area contributed by atoms with Crippen molar-refractivity contribution in [3.8, 4) is 0 Å². The normalized spacial score (nSPS) is 32.4. The Morgan fingerprint density at radius 1 is 0.469 bits per heavy atom. The van der Waals surface area contributed by atoms with Crippen molar-refractivity contribution < 1.29 is 22.3 Å². The molecule has 0 spiro atoms. The molecule has 0 amide bonds. The molecule has 0 bridgehead atoms. The molecule has 0 radical (unpaired) electrons. The van der Waals surface area contributed by atoms with E-state index >= 15 is 0 Å². The van der Waals surface area contributed by atoms with E-state index in [9.17, 15) is 17.6 Å². The first-order valence-electron chi connectivity index (χ1n) is 20.4. The number of ether oxygens (including phenoxy) is 1. The molecule has 4 aliphatic rings. The van der Waals surface area contributed by atoms with Crippen LogP contribution >= 0.6 is 0 Å². The number of halogens is 4. The van der Waals surface area contributed by atoms with Gasteiger partial charge in [0.05, 0.1) is 12.2 Å². The van der Waals surface area contributed by atoms with E-state index in [4.69, 9.17) is 4.74 Å². The average Bonchev–Trinajstić information content (AvgIpc) is 3.13. The number of benzene rings is 2. The molecule has 2 atom stereocenters. The predicted molar refractivity (Wildman–Crippen MR) is 191 cm³/mol.